The Balaban J connectivity index is 2.22. The molecule has 1 heterocycles. The molecular weight excluding hydrogens is 412 g/mol. The van der Waals surface area contributed by atoms with Gasteiger partial charge in [0.2, 0.25) is 10.0 Å². The number of anilines is 1. The molecule has 10 nitrogen and oxygen atoms in total. The van der Waals surface area contributed by atoms with Gasteiger partial charge in [0.15, 0.2) is 6.10 Å². The number of sulfonamides is 1. The quantitative estimate of drug-likeness (QED) is 0.650. The molecule has 1 amide bonds. The smallest absolute Gasteiger partial charge is 0.338 e. The summed E-state index contributed by atoms with van der Waals surface area (Å²) in [6.07, 6.45) is -1.12. The van der Waals surface area contributed by atoms with Crippen LogP contribution < -0.4 is 10.1 Å². The minimum atomic E-state index is -3.86. The third-order valence-corrected chi connectivity index (χ3v) is 6.40. The van der Waals surface area contributed by atoms with E-state index in [2.05, 4.69) is 10.4 Å². The van der Waals surface area contributed by atoms with Crippen LogP contribution in [-0.4, -0.2) is 61.7 Å². The molecule has 11 heteroatoms. The zero-order valence-corrected chi connectivity index (χ0v) is 18.8. The number of ether oxygens (including phenoxy) is 2. The number of rotatable bonds is 7. The molecule has 0 radical (unpaired) electrons. The summed E-state index contributed by atoms with van der Waals surface area (Å²) in [7, 11) is 1.97. The Morgan fingerprint density at radius 2 is 1.87 bits per heavy atom. The second-order valence-electron chi connectivity index (χ2n) is 6.86. The average molecular weight is 439 g/mol. The predicted octanol–water partition coefficient (Wildman–Crippen LogP) is 1.48. The molecule has 1 atom stereocenters. The number of nitrogens with zero attached hydrogens (tertiary/aromatic N) is 3. The lowest BCUT2D eigenvalue weighted by molar-refractivity contribution is -0.123. The zero-order chi connectivity index (χ0) is 22.8. The van der Waals surface area contributed by atoms with E-state index in [4.69, 9.17) is 9.47 Å². The SMILES string of the molecule is COc1ccc(C(=O)O[C@@H](C)C(=O)Nc2c(C)nn(C)c2C)cc1S(=O)(=O)N(C)C. The van der Waals surface area contributed by atoms with Crippen LogP contribution in [0.1, 0.15) is 28.7 Å². The van der Waals surface area contributed by atoms with E-state index in [0.29, 0.717) is 11.4 Å². The molecule has 1 N–H and O–H groups in total. The van der Waals surface area contributed by atoms with Crippen molar-refractivity contribution >= 4 is 27.6 Å². The second-order valence-corrected chi connectivity index (χ2v) is 8.98. The van der Waals surface area contributed by atoms with Crippen LogP contribution in [-0.2, 0) is 26.6 Å². The number of amides is 1. The lowest BCUT2D eigenvalue weighted by Crippen LogP contribution is -2.30. The molecule has 1 aromatic heterocycles. The normalized spacial score (nSPS) is 12.5. The van der Waals surface area contributed by atoms with E-state index in [1.807, 2.05) is 0 Å². The van der Waals surface area contributed by atoms with E-state index in [0.717, 1.165) is 16.1 Å². The average Bonchev–Trinajstić information content (AvgIpc) is 2.93. The first-order chi connectivity index (χ1) is 13.9. The predicted molar refractivity (Wildman–Crippen MR) is 110 cm³/mol. The van der Waals surface area contributed by atoms with Crippen molar-refractivity contribution in [2.45, 2.75) is 31.8 Å². The number of hydrogen-bond donors (Lipinski definition) is 1. The van der Waals surface area contributed by atoms with Crippen molar-refractivity contribution in [3.63, 3.8) is 0 Å². The van der Waals surface area contributed by atoms with Crippen LogP contribution in [0, 0.1) is 13.8 Å². The Morgan fingerprint density at radius 1 is 1.23 bits per heavy atom. The van der Waals surface area contributed by atoms with Gasteiger partial charge in [0, 0.05) is 21.1 Å². The van der Waals surface area contributed by atoms with Crippen LogP contribution in [0.4, 0.5) is 5.69 Å². The van der Waals surface area contributed by atoms with Crippen LogP contribution >= 0.6 is 0 Å². The summed E-state index contributed by atoms with van der Waals surface area (Å²) in [5.41, 5.74) is 1.92. The second kappa shape index (κ2) is 8.84. The van der Waals surface area contributed by atoms with Crippen LogP contribution in [0.15, 0.2) is 23.1 Å². The number of aromatic nitrogens is 2. The van der Waals surface area contributed by atoms with Crippen molar-refractivity contribution in [1.82, 2.24) is 14.1 Å². The molecule has 0 unspecified atom stereocenters. The van der Waals surface area contributed by atoms with Gasteiger partial charge in [-0.25, -0.2) is 17.5 Å². The van der Waals surface area contributed by atoms with E-state index in [-0.39, 0.29) is 16.2 Å². The molecule has 0 spiro atoms. The van der Waals surface area contributed by atoms with E-state index >= 15 is 0 Å². The molecule has 0 aliphatic rings. The maximum Gasteiger partial charge on any atom is 0.338 e. The molecule has 0 saturated heterocycles. The highest BCUT2D eigenvalue weighted by Gasteiger charge is 2.26. The summed E-state index contributed by atoms with van der Waals surface area (Å²) in [6.45, 7) is 4.98. The Hall–Kier alpha value is -2.92. The molecule has 2 rings (SSSR count). The van der Waals surface area contributed by atoms with Crippen molar-refractivity contribution < 1.29 is 27.5 Å². The van der Waals surface area contributed by atoms with Gasteiger partial charge in [0.25, 0.3) is 5.91 Å². The highest BCUT2D eigenvalue weighted by Crippen LogP contribution is 2.27. The molecular formula is C19H26N4O6S. The number of carbonyl (C=O) groups excluding carboxylic acids is 2. The summed E-state index contributed by atoms with van der Waals surface area (Å²) in [5, 5.41) is 6.92. The third kappa shape index (κ3) is 4.62. The van der Waals surface area contributed by atoms with E-state index in [1.54, 1.807) is 25.6 Å². The molecule has 0 aliphatic carbocycles. The molecule has 0 saturated carbocycles. The van der Waals surface area contributed by atoms with Crippen molar-refractivity contribution in [2.24, 2.45) is 7.05 Å². The van der Waals surface area contributed by atoms with Crippen molar-refractivity contribution in [3.05, 3.63) is 35.2 Å². The number of hydrogen-bond acceptors (Lipinski definition) is 7. The standard InChI is InChI=1S/C19H26N4O6S/c1-11-17(12(2)23(6)21-11)20-18(24)13(3)29-19(25)14-8-9-15(28-7)16(10-14)30(26,27)22(4)5/h8-10,13H,1-7H3,(H,20,24)/t13-/m0/s1. The van der Waals surface area contributed by atoms with Gasteiger partial charge >= 0.3 is 5.97 Å². The number of nitrogens with one attached hydrogen (secondary N) is 1. The van der Waals surface area contributed by atoms with Crippen LogP contribution in [0.25, 0.3) is 0 Å². The maximum atomic E-state index is 12.5. The fraction of sp³-hybridized carbons (Fsp3) is 0.421. The number of aryl methyl sites for hydroxylation is 2. The molecule has 0 fully saturated rings. The minimum absolute atomic E-state index is 0.0235. The summed E-state index contributed by atoms with van der Waals surface area (Å²) < 4.78 is 38.0. The Labute approximate surface area is 175 Å². The summed E-state index contributed by atoms with van der Waals surface area (Å²) in [5.74, 6) is -1.28. The minimum Gasteiger partial charge on any atom is -0.495 e. The van der Waals surface area contributed by atoms with Crippen molar-refractivity contribution in [3.8, 4) is 5.75 Å². The molecule has 2 aromatic rings. The first kappa shape index (κ1) is 23.4. The van der Waals surface area contributed by atoms with Gasteiger partial charge in [0.1, 0.15) is 10.6 Å². The largest absolute Gasteiger partial charge is 0.495 e. The molecule has 0 aliphatic heterocycles. The van der Waals surface area contributed by atoms with Gasteiger partial charge in [-0.1, -0.05) is 0 Å². The fourth-order valence-corrected chi connectivity index (χ4v) is 3.74. The van der Waals surface area contributed by atoms with Gasteiger partial charge in [-0.05, 0) is 39.0 Å². The monoisotopic (exact) mass is 438 g/mol. The van der Waals surface area contributed by atoms with Crippen LogP contribution in [0.3, 0.4) is 0 Å². The van der Waals surface area contributed by atoms with E-state index in [1.165, 1.54) is 40.3 Å². The van der Waals surface area contributed by atoms with Gasteiger partial charge in [-0.2, -0.15) is 5.10 Å². The Morgan fingerprint density at radius 3 is 2.37 bits per heavy atom. The number of benzene rings is 1. The maximum absolute atomic E-state index is 12.5. The number of esters is 1. The Kier molecular flexibility index (Phi) is 6.88. The van der Waals surface area contributed by atoms with Crippen LogP contribution in [0.2, 0.25) is 0 Å². The molecule has 164 valence electrons. The van der Waals surface area contributed by atoms with Crippen LogP contribution in [0.5, 0.6) is 5.75 Å². The number of methoxy groups -OCH3 is 1. The molecule has 1 aromatic carbocycles. The van der Waals surface area contributed by atoms with E-state index < -0.39 is 28.0 Å². The number of carbonyl (C=O) groups is 2. The summed E-state index contributed by atoms with van der Waals surface area (Å²) in [4.78, 5) is 24.8. The zero-order valence-electron chi connectivity index (χ0n) is 18.0. The first-order valence-electron chi connectivity index (χ1n) is 9.02. The van der Waals surface area contributed by atoms with Gasteiger partial charge < -0.3 is 14.8 Å². The fourth-order valence-electron chi connectivity index (χ4n) is 2.66. The van der Waals surface area contributed by atoms with Crippen molar-refractivity contribution in [2.75, 3.05) is 26.5 Å². The van der Waals surface area contributed by atoms with Gasteiger partial charge in [-0.15, -0.1) is 0 Å². The summed E-state index contributed by atoms with van der Waals surface area (Å²) in [6, 6.07) is 3.90. The Bertz CT molecular complexity index is 1070. The van der Waals surface area contributed by atoms with Crippen molar-refractivity contribution in [1.29, 1.82) is 0 Å². The first-order valence-corrected chi connectivity index (χ1v) is 10.5. The summed E-state index contributed by atoms with van der Waals surface area (Å²) >= 11 is 0. The molecule has 0 bridgehead atoms. The lowest BCUT2D eigenvalue weighted by atomic mass is 10.2. The van der Waals surface area contributed by atoms with Gasteiger partial charge in [-0.3, -0.25) is 9.48 Å². The lowest BCUT2D eigenvalue weighted by Gasteiger charge is -2.17. The highest BCUT2D eigenvalue weighted by atomic mass is 32.2. The molecule has 30 heavy (non-hydrogen) atoms. The van der Waals surface area contributed by atoms with E-state index in [9.17, 15) is 18.0 Å². The topological polar surface area (TPSA) is 120 Å². The third-order valence-electron chi connectivity index (χ3n) is 4.57. The highest BCUT2D eigenvalue weighted by molar-refractivity contribution is 7.89. The van der Waals surface area contributed by atoms with Gasteiger partial charge in [0.05, 0.1) is 29.7 Å².